The Bertz CT molecular complexity index is 293. The van der Waals surface area contributed by atoms with Gasteiger partial charge in [-0.2, -0.15) is 0 Å². The second-order valence-electron chi connectivity index (χ2n) is 7.11. The zero-order valence-electron chi connectivity index (χ0n) is 13.0. The molecule has 0 saturated carbocycles. The van der Waals surface area contributed by atoms with Crippen LogP contribution in [0.3, 0.4) is 0 Å². The molecule has 2 aliphatic rings. The summed E-state index contributed by atoms with van der Waals surface area (Å²) in [5.74, 6) is 0. The van der Waals surface area contributed by atoms with Crippen LogP contribution in [-0.2, 0) is 0 Å². The van der Waals surface area contributed by atoms with Crippen LogP contribution in [0.15, 0.2) is 0 Å². The molecular formula is C15H31N3O. The predicted molar refractivity (Wildman–Crippen MR) is 79.4 cm³/mol. The van der Waals surface area contributed by atoms with Gasteiger partial charge in [0.2, 0.25) is 0 Å². The van der Waals surface area contributed by atoms with Crippen LogP contribution in [0.2, 0.25) is 0 Å². The maximum absolute atomic E-state index is 10.5. The monoisotopic (exact) mass is 269 g/mol. The van der Waals surface area contributed by atoms with Crippen molar-refractivity contribution in [3.05, 3.63) is 0 Å². The van der Waals surface area contributed by atoms with E-state index in [4.69, 9.17) is 0 Å². The summed E-state index contributed by atoms with van der Waals surface area (Å²) in [6.07, 6.45) is 3.94. The lowest BCUT2D eigenvalue weighted by Crippen LogP contribution is -2.50. The van der Waals surface area contributed by atoms with E-state index in [1.54, 1.807) is 0 Å². The molecule has 3 unspecified atom stereocenters. The summed E-state index contributed by atoms with van der Waals surface area (Å²) in [4.78, 5) is 5.02. The van der Waals surface area contributed by atoms with Gasteiger partial charge in [-0.3, -0.25) is 9.80 Å². The lowest BCUT2D eigenvalue weighted by Gasteiger charge is -2.33. The Hall–Kier alpha value is -0.160. The van der Waals surface area contributed by atoms with Gasteiger partial charge in [0.05, 0.1) is 5.60 Å². The number of likely N-dealkylation sites (tertiary alicyclic amines) is 1. The third-order valence-corrected chi connectivity index (χ3v) is 4.69. The summed E-state index contributed by atoms with van der Waals surface area (Å²) in [5.41, 5.74) is -0.633. The lowest BCUT2D eigenvalue weighted by molar-refractivity contribution is 0.0164. The van der Waals surface area contributed by atoms with E-state index in [0.29, 0.717) is 18.6 Å². The average molecular weight is 269 g/mol. The van der Waals surface area contributed by atoms with Crippen molar-refractivity contribution in [3.63, 3.8) is 0 Å². The second kappa shape index (κ2) is 6.08. The minimum absolute atomic E-state index is 0.428. The minimum Gasteiger partial charge on any atom is -0.388 e. The van der Waals surface area contributed by atoms with Crippen molar-refractivity contribution in [2.45, 2.75) is 63.8 Å². The Balaban J connectivity index is 1.85. The van der Waals surface area contributed by atoms with E-state index in [1.165, 1.54) is 19.3 Å². The normalized spacial score (nSPS) is 32.5. The molecule has 2 saturated heterocycles. The van der Waals surface area contributed by atoms with Crippen molar-refractivity contribution in [2.75, 3.05) is 33.2 Å². The molecule has 2 heterocycles. The number of likely N-dealkylation sites (N-methyl/N-ethyl adjacent to an activating group) is 1. The van der Waals surface area contributed by atoms with Crippen molar-refractivity contribution in [3.8, 4) is 0 Å². The van der Waals surface area contributed by atoms with Gasteiger partial charge in [-0.15, -0.1) is 0 Å². The van der Waals surface area contributed by atoms with Crippen LogP contribution < -0.4 is 5.32 Å². The number of hydrogen-bond acceptors (Lipinski definition) is 4. The molecule has 2 bridgehead atoms. The quantitative estimate of drug-likeness (QED) is 0.778. The second-order valence-corrected chi connectivity index (χ2v) is 7.11. The summed E-state index contributed by atoms with van der Waals surface area (Å²) in [6.45, 7) is 9.89. The zero-order valence-corrected chi connectivity index (χ0v) is 13.0. The van der Waals surface area contributed by atoms with Crippen LogP contribution in [0.25, 0.3) is 0 Å². The topological polar surface area (TPSA) is 38.7 Å². The molecule has 2 N–H and O–H groups in total. The van der Waals surface area contributed by atoms with E-state index in [2.05, 4.69) is 36.0 Å². The molecule has 0 aliphatic carbocycles. The highest BCUT2D eigenvalue weighted by Gasteiger charge is 2.36. The molecular weight excluding hydrogens is 238 g/mol. The molecule has 3 atom stereocenters. The third-order valence-electron chi connectivity index (χ3n) is 4.69. The Morgan fingerprint density at radius 2 is 1.95 bits per heavy atom. The molecule has 4 nitrogen and oxygen atoms in total. The first-order chi connectivity index (χ1) is 8.87. The van der Waals surface area contributed by atoms with Gasteiger partial charge in [-0.25, -0.2) is 0 Å². The molecule has 0 spiro atoms. The first-order valence-electron chi connectivity index (χ1n) is 7.77. The smallest absolute Gasteiger partial charge is 0.0869 e. The highest BCUT2D eigenvalue weighted by atomic mass is 16.3. The highest BCUT2D eigenvalue weighted by Crippen LogP contribution is 2.28. The van der Waals surface area contributed by atoms with Crippen LogP contribution in [0.5, 0.6) is 0 Å². The Kier molecular flexibility index (Phi) is 4.88. The van der Waals surface area contributed by atoms with Gasteiger partial charge in [-0.1, -0.05) is 13.8 Å². The van der Waals surface area contributed by atoms with Gasteiger partial charge in [0, 0.05) is 37.8 Å². The van der Waals surface area contributed by atoms with Crippen LogP contribution in [0.4, 0.5) is 0 Å². The minimum atomic E-state index is -0.633. The van der Waals surface area contributed by atoms with Gasteiger partial charge in [-0.05, 0) is 39.8 Å². The van der Waals surface area contributed by atoms with Crippen LogP contribution >= 0.6 is 0 Å². The van der Waals surface area contributed by atoms with Crippen molar-refractivity contribution in [2.24, 2.45) is 0 Å². The van der Waals surface area contributed by atoms with E-state index in [0.717, 1.165) is 25.7 Å². The van der Waals surface area contributed by atoms with Crippen molar-refractivity contribution < 1.29 is 5.11 Å². The molecule has 19 heavy (non-hydrogen) atoms. The standard InChI is InChI=1S/C15H31N3O/c1-12(2)16-10-15(3,19)11-18-8-7-13-5-6-14(9-18)17(13)4/h12-14,16,19H,5-11H2,1-4H3. The molecule has 0 amide bonds. The number of hydrogen-bond donors (Lipinski definition) is 2. The van der Waals surface area contributed by atoms with Gasteiger partial charge in [0.25, 0.3) is 0 Å². The van der Waals surface area contributed by atoms with E-state index in [9.17, 15) is 5.11 Å². The van der Waals surface area contributed by atoms with Crippen molar-refractivity contribution >= 4 is 0 Å². The number of fused-ring (bicyclic) bond motifs is 2. The Morgan fingerprint density at radius 3 is 2.63 bits per heavy atom. The summed E-state index contributed by atoms with van der Waals surface area (Å²) in [5, 5.41) is 13.9. The molecule has 0 radical (unpaired) electrons. The largest absolute Gasteiger partial charge is 0.388 e. The zero-order chi connectivity index (χ0) is 14.0. The molecule has 4 heteroatoms. The first-order valence-corrected chi connectivity index (χ1v) is 7.77. The van der Waals surface area contributed by atoms with Crippen molar-refractivity contribution in [1.29, 1.82) is 0 Å². The lowest BCUT2D eigenvalue weighted by atomic mass is 10.0. The predicted octanol–water partition coefficient (Wildman–Crippen LogP) is 0.904. The molecule has 2 rings (SSSR count). The van der Waals surface area contributed by atoms with E-state index < -0.39 is 5.60 Å². The maximum atomic E-state index is 10.5. The van der Waals surface area contributed by atoms with Gasteiger partial charge in [0.1, 0.15) is 0 Å². The van der Waals surface area contributed by atoms with Crippen molar-refractivity contribution in [1.82, 2.24) is 15.1 Å². The first kappa shape index (κ1) is 15.2. The fraction of sp³-hybridized carbons (Fsp3) is 1.00. The third kappa shape index (κ3) is 4.15. The maximum Gasteiger partial charge on any atom is 0.0869 e. The van der Waals surface area contributed by atoms with Crippen LogP contribution in [0.1, 0.15) is 40.0 Å². The average Bonchev–Trinajstić information content (AvgIpc) is 2.55. The van der Waals surface area contributed by atoms with E-state index in [1.807, 2.05) is 6.92 Å². The molecule has 2 aliphatic heterocycles. The van der Waals surface area contributed by atoms with E-state index in [-0.39, 0.29) is 0 Å². The molecule has 0 aromatic heterocycles. The molecule has 112 valence electrons. The fourth-order valence-electron chi connectivity index (χ4n) is 3.48. The number of aliphatic hydroxyl groups is 1. The summed E-state index contributed by atoms with van der Waals surface area (Å²) in [7, 11) is 2.27. The van der Waals surface area contributed by atoms with Gasteiger partial charge >= 0.3 is 0 Å². The van der Waals surface area contributed by atoms with Gasteiger partial charge < -0.3 is 10.4 Å². The van der Waals surface area contributed by atoms with Crippen LogP contribution in [0, 0.1) is 0 Å². The molecule has 2 fully saturated rings. The molecule has 0 aromatic carbocycles. The number of rotatable bonds is 5. The number of nitrogens with zero attached hydrogens (tertiary/aromatic N) is 2. The highest BCUT2D eigenvalue weighted by molar-refractivity contribution is 4.93. The number of β-amino-alcohol motifs (C(OH)–C–C–N with tert-alkyl or cyclic N) is 1. The van der Waals surface area contributed by atoms with Gasteiger partial charge in [0.15, 0.2) is 0 Å². The summed E-state index contributed by atoms with van der Waals surface area (Å²) < 4.78 is 0. The Labute approximate surface area is 118 Å². The summed E-state index contributed by atoms with van der Waals surface area (Å²) in [6, 6.07) is 1.90. The Morgan fingerprint density at radius 1 is 1.26 bits per heavy atom. The summed E-state index contributed by atoms with van der Waals surface area (Å²) >= 11 is 0. The fourth-order valence-corrected chi connectivity index (χ4v) is 3.48. The van der Waals surface area contributed by atoms with E-state index >= 15 is 0 Å². The number of nitrogens with one attached hydrogen (secondary N) is 1. The molecule has 0 aromatic rings. The SMILES string of the molecule is CC(C)NCC(C)(O)CN1CCC2CCC(C1)N2C. The van der Waals surface area contributed by atoms with Crippen LogP contribution in [-0.4, -0.2) is 71.9 Å².